The highest BCUT2D eigenvalue weighted by Gasteiger charge is 2.47. The number of hydrogen-bond donors (Lipinski definition) is 0. The maximum absolute atomic E-state index is 12.8. The van der Waals surface area contributed by atoms with E-state index < -0.39 is 0 Å². The molecule has 0 aromatic heterocycles. The first kappa shape index (κ1) is 17.3. The van der Waals surface area contributed by atoms with Gasteiger partial charge in [0.2, 0.25) is 5.91 Å². The molecular formula is C22H22ClNO2. The second kappa shape index (κ2) is 7.24. The van der Waals surface area contributed by atoms with Gasteiger partial charge in [-0.3, -0.25) is 9.59 Å². The minimum atomic E-state index is 0.0278. The highest BCUT2D eigenvalue weighted by Crippen LogP contribution is 2.50. The lowest BCUT2D eigenvalue weighted by Gasteiger charge is -2.31. The minimum Gasteiger partial charge on any atom is -0.342 e. The van der Waals surface area contributed by atoms with Crippen LogP contribution in [0.2, 0.25) is 5.02 Å². The first-order valence-electron chi connectivity index (χ1n) is 9.27. The minimum absolute atomic E-state index is 0.0278. The van der Waals surface area contributed by atoms with Crippen LogP contribution in [-0.4, -0.2) is 29.7 Å². The van der Waals surface area contributed by atoms with Crippen molar-refractivity contribution in [2.45, 2.75) is 25.2 Å². The van der Waals surface area contributed by atoms with Crippen LogP contribution in [0.1, 0.15) is 41.1 Å². The highest BCUT2D eigenvalue weighted by atomic mass is 35.5. The van der Waals surface area contributed by atoms with Gasteiger partial charge in [-0.15, -0.1) is 0 Å². The molecule has 2 aromatic carbocycles. The largest absolute Gasteiger partial charge is 0.342 e. The summed E-state index contributed by atoms with van der Waals surface area (Å²) in [4.78, 5) is 27.3. The summed E-state index contributed by atoms with van der Waals surface area (Å²) < 4.78 is 0. The van der Waals surface area contributed by atoms with Gasteiger partial charge in [0.15, 0.2) is 5.78 Å². The van der Waals surface area contributed by atoms with Gasteiger partial charge in [0.05, 0.1) is 0 Å². The van der Waals surface area contributed by atoms with Gasteiger partial charge in [-0.2, -0.15) is 0 Å². The van der Waals surface area contributed by atoms with Crippen LogP contribution < -0.4 is 0 Å². The molecule has 3 nitrogen and oxygen atoms in total. The van der Waals surface area contributed by atoms with Gasteiger partial charge in [-0.1, -0.05) is 60.1 Å². The normalized spacial score (nSPS) is 22.9. The predicted octanol–water partition coefficient (Wildman–Crippen LogP) is 4.57. The van der Waals surface area contributed by atoms with E-state index in [2.05, 4.69) is 0 Å². The number of halogens is 1. The number of benzene rings is 2. The fourth-order valence-corrected chi connectivity index (χ4v) is 4.30. The average molecular weight is 368 g/mol. The third-order valence-corrected chi connectivity index (χ3v) is 5.99. The van der Waals surface area contributed by atoms with Gasteiger partial charge in [0, 0.05) is 35.5 Å². The number of likely N-dealkylation sites (tertiary alicyclic amines) is 1. The summed E-state index contributed by atoms with van der Waals surface area (Å²) in [7, 11) is 0. The molecule has 134 valence electrons. The van der Waals surface area contributed by atoms with Gasteiger partial charge in [0.1, 0.15) is 0 Å². The molecule has 0 radical (unpaired) electrons. The molecule has 1 heterocycles. The summed E-state index contributed by atoms with van der Waals surface area (Å²) in [5.74, 6) is 0.759. The molecule has 1 amide bonds. The fourth-order valence-electron chi connectivity index (χ4n) is 4.02. The van der Waals surface area contributed by atoms with Crippen molar-refractivity contribution < 1.29 is 9.59 Å². The van der Waals surface area contributed by atoms with E-state index in [4.69, 9.17) is 11.6 Å². The Labute approximate surface area is 159 Å². The van der Waals surface area contributed by atoms with E-state index in [1.807, 2.05) is 59.5 Å². The standard InChI is InChI=1S/C22H22ClNO2/c23-20-9-5-4-8-17(20)18-14-19(18)22(26)24-12-10-16(11-13-24)21(25)15-6-2-1-3-7-15/h1-9,16,18-19H,10-14H2. The van der Waals surface area contributed by atoms with Crippen molar-refractivity contribution >= 4 is 23.3 Å². The molecular weight excluding hydrogens is 346 g/mol. The molecule has 1 aliphatic carbocycles. The Morgan fingerprint density at radius 1 is 0.923 bits per heavy atom. The lowest BCUT2D eigenvalue weighted by atomic mass is 9.88. The molecule has 0 spiro atoms. The quantitative estimate of drug-likeness (QED) is 0.742. The second-order valence-electron chi connectivity index (χ2n) is 7.30. The first-order valence-corrected chi connectivity index (χ1v) is 9.65. The number of Topliss-reactive ketones (excluding diaryl/α,β-unsaturated/α-hetero) is 1. The Morgan fingerprint density at radius 2 is 1.58 bits per heavy atom. The summed E-state index contributed by atoms with van der Waals surface area (Å²) in [6, 6.07) is 17.3. The van der Waals surface area contributed by atoms with E-state index in [1.54, 1.807) is 0 Å². The van der Waals surface area contributed by atoms with Crippen LogP contribution in [0.15, 0.2) is 54.6 Å². The summed E-state index contributed by atoms with van der Waals surface area (Å²) >= 11 is 6.26. The Kier molecular flexibility index (Phi) is 4.82. The molecule has 2 fully saturated rings. The molecule has 26 heavy (non-hydrogen) atoms. The number of nitrogens with zero attached hydrogens (tertiary/aromatic N) is 1. The summed E-state index contributed by atoms with van der Waals surface area (Å²) in [5.41, 5.74) is 1.86. The van der Waals surface area contributed by atoms with E-state index >= 15 is 0 Å². The molecule has 2 atom stereocenters. The molecule has 4 heteroatoms. The van der Waals surface area contributed by atoms with Crippen molar-refractivity contribution in [3.05, 3.63) is 70.7 Å². The molecule has 0 bridgehead atoms. The first-order chi connectivity index (χ1) is 12.6. The number of hydrogen-bond acceptors (Lipinski definition) is 2. The Balaban J connectivity index is 1.33. The Bertz CT molecular complexity index is 812. The van der Waals surface area contributed by atoms with Gasteiger partial charge in [0.25, 0.3) is 0 Å². The van der Waals surface area contributed by atoms with Crippen LogP contribution in [-0.2, 0) is 4.79 Å². The van der Waals surface area contributed by atoms with Crippen LogP contribution in [0.4, 0.5) is 0 Å². The molecule has 2 aliphatic rings. The van der Waals surface area contributed by atoms with Crippen molar-refractivity contribution in [3.8, 4) is 0 Å². The number of rotatable bonds is 4. The smallest absolute Gasteiger partial charge is 0.226 e. The number of ketones is 1. The van der Waals surface area contributed by atoms with Gasteiger partial charge in [-0.25, -0.2) is 0 Å². The molecule has 2 aromatic rings. The third-order valence-electron chi connectivity index (χ3n) is 5.65. The summed E-state index contributed by atoms with van der Waals surface area (Å²) in [6.45, 7) is 1.35. The maximum Gasteiger partial charge on any atom is 0.226 e. The monoisotopic (exact) mass is 367 g/mol. The zero-order valence-electron chi connectivity index (χ0n) is 14.6. The number of amides is 1. The highest BCUT2D eigenvalue weighted by molar-refractivity contribution is 6.31. The fraction of sp³-hybridized carbons (Fsp3) is 0.364. The van der Waals surface area contributed by atoms with Gasteiger partial charge >= 0.3 is 0 Å². The van der Waals surface area contributed by atoms with Crippen molar-refractivity contribution in [2.75, 3.05) is 13.1 Å². The number of piperidine rings is 1. The van der Waals surface area contributed by atoms with Gasteiger partial charge < -0.3 is 4.90 Å². The molecule has 1 aliphatic heterocycles. The lowest BCUT2D eigenvalue weighted by Crippen LogP contribution is -2.41. The van der Waals surface area contributed by atoms with Crippen molar-refractivity contribution in [2.24, 2.45) is 11.8 Å². The SMILES string of the molecule is O=C(c1ccccc1)C1CCN(C(=O)C2CC2c2ccccc2Cl)CC1. The molecule has 1 saturated carbocycles. The second-order valence-corrected chi connectivity index (χ2v) is 7.71. The van der Waals surface area contributed by atoms with E-state index in [0.29, 0.717) is 13.1 Å². The number of carbonyl (C=O) groups is 2. The van der Waals surface area contributed by atoms with Crippen molar-refractivity contribution in [3.63, 3.8) is 0 Å². The van der Waals surface area contributed by atoms with Crippen LogP contribution in [0.5, 0.6) is 0 Å². The Morgan fingerprint density at radius 3 is 2.27 bits per heavy atom. The predicted molar refractivity (Wildman–Crippen MR) is 102 cm³/mol. The molecule has 4 rings (SSSR count). The van der Waals surface area contributed by atoms with E-state index in [-0.39, 0.29) is 29.4 Å². The topological polar surface area (TPSA) is 37.4 Å². The third kappa shape index (κ3) is 3.41. The van der Waals surface area contributed by atoms with Crippen LogP contribution in [0.3, 0.4) is 0 Å². The molecule has 2 unspecified atom stereocenters. The van der Waals surface area contributed by atoms with E-state index in [0.717, 1.165) is 35.4 Å². The van der Waals surface area contributed by atoms with E-state index in [1.165, 1.54) is 0 Å². The van der Waals surface area contributed by atoms with Crippen molar-refractivity contribution in [1.82, 2.24) is 4.90 Å². The molecule has 1 saturated heterocycles. The average Bonchev–Trinajstić information content (AvgIpc) is 3.48. The zero-order valence-corrected chi connectivity index (χ0v) is 15.4. The van der Waals surface area contributed by atoms with Crippen molar-refractivity contribution in [1.29, 1.82) is 0 Å². The van der Waals surface area contributed by atoms with Gasteiger partial charge in [-0.05, 0) is 36.8 Å². The van der Waals surface area contributed by atoms with E-state index in [9.17, 15) is 9.59 Å². The summed E-state index contributed by atoms with van der Waals surface area (Å²) in [6.07, 6.45) is 2.39. The Hall–Kier alpha value is -2.13. The van der Waals surface area contributed by atoms with Crippen LogP contribution in [0, 0.1) is 11.8 Å². The van der Waals surface area contributed by atoms with Crippen LogP contribution in [0.25, 0.3) is 0 Å². The lowest BCUT2D eigenvalue weighted by molar-refractivity contribution is -0.133. The van der Waals surface area contributed by atoms with Crippen LogP contribution >= 0.6 is 11.6 Å². The molecule has 0 N–H and O–H groups in total. The zero-order chi connectivity index (χ0) is 18.1. The maximum atomic E-state index is 12.8. The number of carbonyl (C=O) groups excluding carboxylic acids is 2. The summed E-state index contributed by atoms with van der Waals surface area (Å²) in [5, 5.41) is 0.750.